The first-order valence-corrected chi connectivity index (χ1v) is 9.50. The zero-order chi connectivity index (χ0) is 18.6. The molecule has 3 heterocycles. The third-order valence-electron chi connectivity index (χ3n) is 5.06. The van der Waals surface area contributed by atoms with E-state index in [1.54, 1.807) is 11.1 Å². The normalized spacial score (nSPS) is 18.0. The number of anilines is 3. The summed E-state index contributed by atoms with van der Waals surface area (Å²) in [6, 6.07) is 7.96. The van der Waals surface area contributed by atoms with Gasteiger partial charge in [-0.25, -0.2) is 0 Å². The average Bonchev–Trinajstić information content (AvgIpc) is 2.74. The lowest BCUT2D eigenvalue weighted by Crippen LogP contribution is -2.48. The summed E-state index contributed by atoms with van der Waals surface area (Å²) in [4.78, 5) is 24.0. The Hall–Kier alpha value is -2.61. The average molecular weight is 388 g/mol. The molecule has 9 heteroatoms. The second-order valence-electron chi connectivity index (χ2n) is 6.70. The quantitative estimate of drug-likeness (QED) is 0.728. The van der Waals surface area contributed by atoms with Crippen LogP contribution in [0.5, 0.6) is 0 Å². The van der Waals surface area contributed by atoms with Gasteiger partial charge in [0.1, 0.15) is 0 Å². The van der Waals surface area contributed by atoms with Crippen molar-refractivity contribution in [3.05, 3.63) is 35.5 Å². The molecule has 27 heavy (non-hydrogen) atoms. The van der Waals surface area contributed by atoms with Crippen molar-refractivity contribution in [1.29, 1.82) is 0 Å². The Morgan fingerprint density at radius 3 is 2.33 bits per heavy atom. The molecule has 2 saturated heterocycles. The number of halogens is 1. The molecular formula is C18H22ClN7O. The molecule has 2 fully saturated rings. The zero-order valence-electron chi connectivity index (χ0n) is 15.0. The highest BCUT2D eigenvalue weighted by Gasteiger charge is 2.22. The lowest BCUT2D eigenvalue weighted by Gasteiger charge is -2.37. The summed E-state index contributed by atoms with van der Waals surface area (Å²) in [5.41, 5.74) is 1.15. The van der Waals surface area contributed by atoms with Gasteiger partial charge in [-0.05, 0) is 18.2 Å². The van der Waals surface area contributed by atoms with E-state index in [0.717, 1.165) is 62.2 Å². The van der Waals surface area contributed by atoms with Crippen molar-refractivity contribution >= 4 is 35.5 Å². The van der Waals surface area contributed by atoms with Crippen molar-refractivity contribution in [3.63, 3.8) is 0 Å². The van der Waals surface area contributed by atoms with E-state index >= 15 is 0 Å². The predicted octanol–water partition coefficient (Wildman–Crippen LogP) is 1.13. The van der Waals surface area contributed by atoms with E-state index in [-0.39, 0.29) is 0 Å². The number of benzene rings is 1. The fraction of sp³-hybridized carbons (Fsp3) is 0.444. The maximum absolute atomic E-state index is 10.9. The largest absolute Gasteiger partial charge is 0.368 e. The highest BCUT2D eigenvalue weighted by atomic mass is 35.5. The fourth-order valence-corrected chi connectivity index (χ4v) is 3.65. The minimum atomic E-state index is 0.635. The number of aromatic nitrogens is 3. The molecule has 8 nitrogen and oxygen atoms in total. The summed E-state index contributed by atoms with van der Waals surface area (Å²) in [6.07, 6.45) is 2.62. The number of hydrogen-bond acceptors (Lipinski definition) is 7. The van der Waals surface area contributed by atoms with Gasteiger partial charge in [-0.2, -0.15) is 10.1 Å². The van der Waals surface area contributed by atoms with Crippen LogP contribution >= 0.6 is 11.6 Å². The molecule has 142 valence electrons. The van der Waals surface area contributed by atoms with Crippen molar-refractivity contribution in [2.45, 2.75) is 0 Å². The molecular weight excluding hydrogens is 366 g/mol. The van der Waals surface area contributed by atoms with Gasteiger partial charge < -0.3 is 19.6 Å². The van der Waals surface area contributed by atoms with Gasteiger partial charge >= 0.3 is 0 Å². The Morgan fingerprint density at radius 2 is 1.63 bits per heavy atom. The Bertz CT molecular complexity index is 789. The minimum absolute atomic E-state index is 0.635. The molecule has 0 N–H and O–H groups in total. The Labute approximate surface area is 163 Å². The van der Waals surface area contributed by atoms with Crippen LogP contribution in [-0.4, -0.2) is 78.8 Å². The van der Waals surface area contributed by atoms with Crippen molar-refractivity contribution in [3.8, 4) is 0 Å². The SMILES string of the molecule is O=CN1CCN(c2nncc(N3CCN(c4cccc(Cl)c4)CC3)n2)CC1. The lowest BCUT2D eigenvalue weighted by atomic mass is 10.2. The standard InChI is InChI=1S/C18H22ClN7O/c19-15-2-1-3-16(12-15)24-8-10-25(11-9-24)17-13-20-22-18(21-17)26-6-4-23(14-27)5-7-26/h1-3,12-14H,4-11H2. The molecule has 0 atom stereocenters. The number of carbonyl (C=O) groups excluding carboxylic acids is 1. The van der Waals surface area contributed by atoms with E-state index < -0.39 is 0 Å². The van der Waals surface area contributed by atoms with Crippen LogP contribution in [-0.2, 0) is 4.79 Å². The molecule has 0 unspecified atom stereocenters. The number of amides is 1. The first-order valence-electron chi connectivity index (χ1n) is 9.12. The van der Waals surface area contributed by atoms with Crippen molar-refractivity contribution in [2.24, 2.45) is 0 Å². The van der Waals surface area contributed by atoms with Crippen LogP contribution in [0.2, 0.25) is 5.02 Å². The molecule has 1 aromatic heterocycles. The molecule has 0 saturated carbocycles. The third kappa shape index (κ3) is 4.05. The highest BCUT2D eigenvalue weighted by Crippen LogP contribution is 2.22. The second kappa shape index (κ2) is 7.96. The second-order valence-corrected chi connectivity index (χ2v) is 7.13. The van der Waals surface area contributed by atoms with Crippen LogP contribution in [0.3, 0.4) is 0 Å². The lowest BCUT2D eigenvalue weighted by molar-refractivity contribution is -0.118. The third-order valence-corrected chi connectivity index (χ3v) is 5.29. The molecule has 4 rings (SSSR count). The van der Waals surface area contributed by atoms with Crippen LogP contribution in [0.15, 0.2) is 30.5 Å². The molecule has 1 amide bonds. The van der Waals surface area contributed by atoms with Gasteiger partial charge in [0.15, 0.2) is 5.82 Å². The summed E-state index contributed by atoms with van der Waals surface area (Å²) in [7, 11) is 0. The summed E-state index contributed by atoms with van der Waals surface area (Å²) < 4.78 is 0. The van der Waals surface area contributed by atoms with Crippen LogP contribution in [0, 0.1) is 0 Å². The van der Waals surface area contributed by atoms with Gasteiger partial charge in [-0.15, -0.1) is 5.10 Å². The Kier molecular flexibility index (Phi) is 5.24. The first kappa shape index (κ1) is 17.8. The van der Waals surface area contributed by atoms with E-state index in [4.69, 9.17) is 16.6 Å². The maximum atomic E-state index is 10.9. The number of carbonyl (C=O) groups is 1. The molecule has 1 aromatic carbocycles. The molecule has 0 aliphatic carbocycles. The molecule has 2 aliphatic heterocycles. The van der Waals surface area contributed by atoms with Crippen molar-refractivity contribution < 1.29 is 4.79 Å². The summed E-state index contributed by atoms with van der Waals surface area (Å²) >= 11 is 6.11. The number of nitrogens with zero attached hydrogens (tertiary/aromatic N) is 7. The maximum Gasteiger partial charge on any atom is 0.247 e. The predicted molar refractivity (Wildman–Crippen MR) is 106 cm³/mol. The van der Waals surface area contributed by atoms with E-state index in [0.29, 0.717) is 19.0 Å². The van der Waals surface area contributed by atoms with Crippen molar-refractivity contribution in [1.82, 2.24) is 20.1 Å². The minimum Gasteiger partial charge on any atom is -0.368 e. The summed E-state index contributed by atoms with van der Waals surface area (Å²) in [6.45, 7) is 6.37. The number of piperazine rings is 2. The first-order chi connectivity index (χ1) is 13.2. The number of hydrogen-bond donors (Lipinski definition) is 0. The van der Waals surface area contributed by atoms with E-state index in [1.165, 1.54) is 0 Å². The van der Waals surface area contributed by atoms with Crippen molar-refractivity contribution in [2.75, 3.05) is 67.1 Å². The van der Waals surface area contributed by atoms with Gasteiger partial charge in [0.2, 0.25) is 12.4 Å². The van der Waals surface area contributed by atoms with Gasteiger partial charge in [-0.1, -0.05) is 17.7 Å². The molecule has 2 aliphatic rings. The van der Waals surface area contributed by atoms with E-state index in [9.17, 15) is 4.79 Å². The van der Waals surface area contributed by atoms with Gasteiger partial charge in [0.05, 0.1) is 6.20 Å². The van der Waals surface area contributed by atoms with Crippen LogP contribution in [0.25, 0.3) is 0 Å². The molecule has 0 spiro atoms. The van der Waals surface area contributed by atoms with Gasteiger partial charge in [0.25, 0.3) is 0 Å². The fourth-order valence-electron chi connectivity index (χ4n) is 3.47. The summed E-state index contributed by atoms with van der Waals surface area (Å²) in [5, 5.41) is 9.10. The van der Waals surface area contributed by atoms with Gasteiger partial charge in [-0.3, -0.25) is 4.79 Å². The smallest absolute Gasteiger partial charge is 0.247 e. The molecule has 2 aromatic rings. The number of rotatable bonds is 4. The Balaban J connectivity index is 1.39. The topological polar surface area (TPSA) is 68.7 Å². The van der Waals surface area contributed by atoms with E-state index in [1.807, 2.05) is 18.2 Å². The molecule has 0 bridgehead atoms. The van der Waals surface area contributed by atoms with Crippen LogP contribution < -0.4 is 14.7 Å². The van der Waals surface area contributed by atoms with E-state index in [2.05, 4.69) is 31.0 Å². The zero-order valence-corrected chi connectivity index (χ0v) is 15.8. The van der Waals surface area contributed by atoms with Crippen LogP contribution in [0.4, 0.5) is 17.5 Å². The molecule has 0 radical (unpaired) electrons. The highest BCUT2D eigenvalue weighted by molar-refractivity contribution is 6.30. The van der Waals surface area contributed by atoms with Gasteiger partial charge in [0, 0.05) is 63.1 Å². The summed E-state index contributed by atoms with van der Waals surface area (Å²) in [5.74, 6) is 1.49. The van der Waals surface area contributed by atoms with Crippen LogP contribution in [0.1, 0.15) is 0 Å². The monoisotopic (exact) mass is 387 g/mol. The Morgan fingerprint density at radius 1 is 0.926 bits per heavy atom.